The van der Waals surface area contributed by atoms with Crippen LogP contribution in [0, 0.1) is 0 Å². The molecule has 0 bridgehead atoms. The lowest BCUT2D eigenvalue weighted by Crippen LogP contribution is -2.18. The predicted octanol–water partition coefficient (Wildman–Crippen LogP) is 7.43. The van der Waals surface area contributed by atoms with E-state index in [0.29, 0.717) is 38.2 Å². The number of anilines is 1. The zero-order chi connectivity index (χ0) is 24.3. The number of nitrogens with one attached hydrogen (secondary N) is 1. The highest BCUT2D eigenvalue weighted by molar-refractivity contribution is 7.99. The molecule has 7 heteroatoms. The topological polar surface area (TPSA) is 68.3 Å². The molecule has 1 heterocycles. The summed E-state index contributed by atoms with van der Waals surface area (Å²) >= 11 is 7.81. The molecule has 1 aromatic heterocycles. The monoisotopic (exact) mass is 494 g/mol. The molecule has 3 rings (SSSR count). The Morgan fingerprint density at radius 3 is 2.59 bits per heavy atom. The highest BCUT2D eigenvalue weighted by Gasteiger charge is 2.21. The molecule has 5 nitrogen and oxygen atoms in total. The summed E-state index contributed by atoms with van der Waals surface area (Å²) in [6.07, 6.45) is 6.70. The largest absolute Gasteiger partial charge is 0.455 e. The Labute approximate surface area is 209 Å². The van der Waals surface area contributed by atoms with Crippen molar-refractivity contribution in [2.75, 3.05) is 5.32 Å². The van der Waals surface area contributed by atoms with Gasteiger partial charge in [-0.1, -0.05) is 80.0 Å². The minimum Gasteiger partial charge on any atom is -0.455 e. The molecule has 2 aromatic carbocycles. The first-order valence-electron chi connectivity index (χ1n) is 11.1. The smallest absolute Gasteiger partial charge is 0.339 e. The molecular weight excluding hydrogens is 468 g/mol. The van der Waals surface area contributed by atoms with E-state index < -0.39 is 12.1 Å². The molecule has 0 saturated carbocycles. The number of aromatic nitrogens is 1. The minimum atomic E-state index is -0.508. The van der Waals surface area contributed by atoms with Crippen LogP contribution in [0.1, 0.15) is 53.3 Å². The van der Waals surface area contributed by atoms with Crippen molar-refractivity contribution < 1.29 is 14.3 Å². The van der Waals surface area contributed by atoms with E-state index in [1.165, 1.54) is 11.8 Å². The molecule has 1 unspecified atom stereocenters. The van der Waals surface area contributed by atoms with E-state index in [1.54, 1.807) is 48.7 Å². The number of halogens is 1. The van der Waals surface area contributed by atoms with Gasteiger partial charge in [0.05, 0.1) is 16.3 Å². The molecule has 0 radical (unpaired) electrons. The molecule has 34 heavy (non-hydrogen) atoms. The molecule has 3 aromatic rings. The molecule has 176 valence electrons. The van der Waals surface area contributed by atoms with Crippen molar-refractivity contribution >= 4 is 40.9 Å². The molecule has 1 atom stereocenters. The molecule has 0 aliphatic carbocycles. The number of carbonyl (C=O) groups is 2. The van der Waals surface area contributed by atoms with Crippen LogP contribution in [0.4, 0.5) is 5.69 Å². The lowest BCUT2D eigenvalue weighted by molar-refractivity contribution is 0.0372. The van der Waals surface area contributed by atoms with E-state index in [2.05, 4.69) is 23.8 Å². The van der Waals surface area contributed by atoms with Crippen LogP contribution in [0.15, 0.2) is 89.4 Å². The Kier molecular flexibility index (Phi) is 9.74. The summed E-state index contributed by atoms with van der Waals surface area (Å²) in [7, 11) is 0. The summed E-state index contributed by atoms with van der Waals surface area (Å²) in [5, 5.41) is 3.81. The van der Waals surface area contributed by atoms with Gasteiger partial charge in [-0.05, 0) is 49.2 Å². The molecule has 0 fully saturated rings. The Hall–Kier alpha value is -3.09. The van der Waals surface area contributed by atoms with Crippen LogP contribution in [-0.4, -0.2) is 23.0 Å². The molecule has 0 aliphatic rings. The Bertz CT molecular complexity index is 1120. The minimum absolute atomic E-state index is 0.297. The van der Waals surface area contributed by atoms with Crippen LogP contribution in [0.2, 0.25) is 5.02 Å². The molecule has 0 saturated heterocycles. The standard InChI is InChI=1S/C27H27ClN2O3S/c1-3-5-7-14-20(4-2)33-27(32)21-17-23(30-26(31)19-12-8-6-9-13-19)22(28)18-24(21)34-25-15-10-11-16-29-25/h4,6,8-13,15-18,20H,2-3,5,7,14H2,1H3,(H,30,31). The van der Waals surface area contributed by atoms with Gasteiger partial charge >= 0.3 is 5.97 Å². The van der Waals surface area contributed by atoms with Crippen molar-refractivity contribution in [1.82, 2.24) is 4.98 Å². The number of nitrogens with zero attached hydrogens (tertiary/aromatic N) is 1. The first-order chi connectivity index (χ1) is 16.5. The SMILES string of the molecule is C=CC(CCCCC)OC(=O)c1cc(NC(=O)c2ccccc2)c(Cl)cc1Sc1ccccn1. The summed E-state index contributed by atoms with van der Waals surface area (Å²) in [4.78, 5) is 30.8. The number of carbonyl (C=O) groups excluding carboxylic acids is 2. The molecule has 1 amide bonds. The van der Waals surface area contributed by atoms with Crippen LogP contribution < -0.4 is 5.32 Å². The van der Waals surface area contributed by atoms with E-state index in [-0.39, 0.29) is 5.91 Å². The van der Waals surface area contributed by atoms with E-state index in [0.717, 1.165) is 19.3 Å². The summed E-state index contributed by atoms with van der Waals surface area (Å²) in [6, 6.07) is 17.5. The van der Waals surface area contributed by atoms with Gasteiger partial charge in [0.25, 0.3) is 5.91 Å². The zero-order valence-corrected chi connectivity index (χ0v) is 20.6. The second-order valence-corrected chi connectivity index (χ2v) is 9.06. The van der Waals surface area contributed by atoms with Gasteiger partial charge < -0.3 is 10.1 Å². The Morgan fingerprint density at radius 2 is 1.91 bits per heavy atom. The van der Waals surface area contributed by atoms with Gasteiger partial charge in [0.2, 0.25) is 0 Å². The van der Waals surface area contributed by atoms with E-state index in [4.69, 9.17) is 16.3 Å². The van der Waals surface area contributed by atoms with Crippen LogP contribution >= 0.6 is 23.4 Å². The van der Waals surface area contributed by atoms with Gasteiger partial charge in [0, 0.05) is 16.7 Å². The summed E-state index contributed by atoms with van der Waals surface area (Å²) in [5.74, 6) is -0.831. The summed E-state index contributed by atoms with van der Waals surface area (Å²) in [6.45, 7) is 5.93. The van der Waals surface area contributed by atoms with Gasteiger partial charge in [-0.2, -0.15) is 0 Å². The third kappa shape index (κ3) is 7.20. The van der Waals surface area contributed by atoms with Crippen molar-refractivity contribution in [2.45, 2.75) is 48.6 Å². The number of benzene rings is 2. The number of pyridine rings is 1. The van der Waals surface area contributed by atoms with Crippen LogP contribution in [-0.2, 0) is 4.74 Å². The predicted molar refractivity (Wildman–Crippen MR) is 138 cm³/mol. The number of hydrogen-bond acceptors (Lipinski definition) is 5. The molecule has 0 spiro atoms. The number of esters is 1. The van der Waals surface area contributed by atoms with Crippen LogP contribution in [0.25, 0.3) is 0 Å². The fraction of sp³-hybridized carbons (Fsp3) is 0.222. The van der Waals surface area contributed by atoms with Gasteiger partial charge in [0.1, 0.15) is 11.1 Å². The third-order valence-electron chi connectivity index (χ3n) is 5.04. The Morgan fingerprint density at radius 1 is 1.15 bits per heavy atom. The molecule has 0 aliphatic heterocycles. The maximum atomic E-state index is 13.2. The quantitative estimate of drug-likeness (QED) is 0.170. The van der Waals surface area contributed by atoms with E-state index in [1.807, 2.05) is 24.3 Å². The number of ether oxygens (including phenoxy) is 1. The first-order valence-corrected chi connectivity index (χ1v) is 12.3. The number of amides is 1. The average Bonchev–Trinajstić information content (AvgIpc) is 2.86. The zero-order valence-electron chi connectivity index (χ0n) is 19.0. The van der Waals surface area contributed by atoms with Crippen molar-refractivity contribution in [3.63, 3.8) is 0 Å². The van der Waals surface area contributed by atoms with Crippen molar-refractivity contribution in [3.8, 4) is 0 Å². The molecule has 1 N–H and O–H groups in total. The van der Waals surface area contributed by atoms with Crippen LogP contribution in [0.3, 0.4) is 0 Å². The van der Waals surface area contributed by atoms with E-state index in [9.17, 15) is 9.59 Å². The van der Waals surface area contributed by atoms with Gasteiger partial charge in [-0.3, -0.25) is 4.79 Å². The Balaban J connectivity index is 1.90. The molecular formula is C27H27ClN2O3S. The fourth-order valence-corrected chi connectivity index (χ4v) is 4.41. The van der Waals surface area contributed by atoms with Crippen molar-refractivity contribution in [2.24, 2.45) is 0 Å². The second-order valence-electron chi connectivity index (χ2n) is 7.59. The van der Waals surface area contributed by atoms with Gasteiger partial charge in [0.15, 0.2) is 0 Å². The first kappa shape index (κ1) is 25.5. The second kappa shape index (κ2) is 13.0. The average molecular weight is 495 g/mol. The normalized spacial score (nSPS) is 11.5. The highest BCUT2D eigenvalue weighted by Crippen LogP contribution is 2.36. The number of unbranched alkanes of at least 4 members (excludes halogenated alkanes) is 2. The highest BCUT2D eigenvalue weighted by atomic mass is 35.5. The maximum absolute atomic E-state index is 13.2. The lowest BCUT2D eigenvalue weighted by Gasteiger charge is -2.17. The summed E-state index contributed by atoms with van der Waals surface area (Å²) in [5.41, 5.74) is 1.11. The van der Waals surface area contributed by atoms with Gasteiger partial charge in [-0.25, -0.2) is 9.78 Å². The maximum Gasteiger partial charge on any atom is 0.339 e. The van der Waals surface area contributed by atoms with Crippen molar-refractivity contribution in [1.29, 1.82) is 0 Å². The third-order valence-corrected chi connectivity index (χ3v) is 6.36. The number of rotatable bonds is 11. The van der Waals surface area contributed by atoms with Crippen LogP contribution in [0.5, 0.6) is 0 Å². The van der Waals surface area contributed by atoms with Gasteiger partial charge in [-0.15, -0.1) is 0 Å². The van der Waals surface area contributed by atoms with Crippen molar-refractivity contribution in [3.05, 3.63) is 95.7 Å². The fourth-order valence-electron chi connectivity index (χ4n) is 3.22. The van der Waals surface area contributed by atoms with E-state index >= 15 is 0 Å². The number of hydrogen-bond donors (Lipinski definition) is 1. The summed E-state index contributed by atoms with van der Waals surface area (Å²) < 4.78 is 5.75. The lowest BCUT2D eigenvalue weighted by atomic mass is 10.1.